The molecule has 2 aromatic rings. The number of sulfonamides is 1. The zero-order valence-corrected chi connectivity index (χ0v) is 16.7. The number of thiophene rings is 1. The van der Waals surface area contributed by atoms with Gasteiger partial charge in [-0.15, -0.1) is 11.3 Å². The average molecular weight is 393 g/mol. The van der Waals surface area contributed by atoms with Gasteiger partial charge in [0.25, 0.3) is 10.0 Å². The van der Waals surface area contributed by atoms with Crippen molar-refractivity contribution in [2.24, 2.45) is 5.92 Å². The van der Waals surface area contributed by atoms with Gasteiger partial charge in [-0.05, 0) is 54.0 Å². The maximum absolute atomic E-state index is 12.8. The van der Waals surface area contributed by atoms with Gasteiger partial charge < -0.3 is 5.32 Å². The van der Waals surface area contributed by atoms with Gasteiger partial charge in [-0.3, -0.25) is 4.79 Å². The average Bonchev–Trinajstić information content (AvgIpc) is 3.17. The summed E-state index contributed by atoms with van der Waals surface area (Å²) >= 11 is 1.24. The highest BCUT2D eigenvalue weighted by Crippen LogP contribution is 2.29. The van der Waals surface area contributed by atoms with E-state index in [9.17, 15) is 13.2 Å². The van der Waals surface area contributed by atoms with Gasteiger partial charge in [-0.2, -0.15) is 4.31 Å². The molecule has 0 radical (unpaired) electrons. The number of anilines is 1. The molecule has 1 aromatic heterocycles. The van der Waals surface area contributed by atoms with Crippen molar-refractivity contribution in [3.8, 4) is 0 Å². The Balaban J connectivity index is 1.79. The Kier molecular flexibility index (Phi) is 5.79. The molecule has 1 N–H and O–H groups in total. The summed E-state index contributed by atoms with van der Waals surface area (Å²) in [6.07, 6.45) is 2.29. The van der Waals surface area contributed by atoms with E-state index in [4.69, 9.17) is 0 Å². The Bertz CT molecular complexity index is 872. The molecule has 1 amide bonds. The van der Waals surface area contributed by atoms with Crippen molar-refractivity contribution in [1.82, 2.24) is 4.31 Å². The van der Waals surface area contributed by atoms with Crippen molar-refractivity contribution in [2.45, 2.75) is 43.9 Å². The number of hydrogen-bond acceptors (Lipinski definition) is 4. The molecular weight excluding hydrogens is 368 g/mol. The van der Waals surface area contributed by atoms with E-state index in [1.807, 2.05) is 32.0 Å². The number of benzene rings is 1. The Morgan fingerprint density at radius 3 is 2.65 bits per heavy atom. The number of nitrogens with zero attached hydrogens (tertiary/aromatic N) is 1. The molecule has 140 valence electrons. The van der Waals surface area contributed by atoms with Crippen LogP contribution in [0, 0.1) is 5.92 Å². The van der Waals surface area contributed by atoms with Gasteiger partial charge in [0.05, 0.1) is 0 Å². The van der Waals surface area contributed by atoms with E-state index in [1.54, 1.807) is 17.5 Å². The van der Waals surface area contributed by atoms with Crippen LogP contribution in [-0.2, 0) is 27.8 Å². The quantitative estimate of drug-likeness (QED) is 0.811. The normalized spacial score (nSPS) is 15.0. The third-order valence-electron chi connectivity index (χ3n) is 4.90. The second kappa shape index (κ2) is 7.90. The lowest BCUT2D eigenvalue weighted by Crippen LogP contribution is -2.35. The summed E-state index contributed by atoms with van der Waals surface area (Å²) < 4.78 is 27.4. The third-order valence-corrected chi connectivity index (χ3v) is 8.11. The summed E-state index contributed by atoms with van der Waals surface area (Å²) in [6, 6.07) is 9.20. The number of rotatable bonds is 6. The fourth-order valence-corrected chi connectivity index (χ4v) is 5.82. The summed E-state index contributed by atoms with van der Waals surface area (Å²) in [6.45, 7) is 4.83. The van der Waals surface area contributed by atoms with E-state index in [-0.39, 0.29) is 11.8 Å². The molecule has 2 heterocycles. The highest BCUT2D eigenvalue weighted by Gasteiger charge is 2.29. The molecule has 0 unspecified atom stereocenters. The van der Waals surface area contributed by atoms with Crippen LogP contribution >= 0.6 is 11.3 Å². The zero-order chi connectivity index (χ0) is 18.7. The zero-order valence-electron chi connectivity index (χ0n) is 15.1. The van der Waals surface area contributed by atoms with Crippen molar-refractivity contribution < 1.29 is 13.2 Å². The van der Waals surface area contributed by atoms with Crippen LogP contribution in [0.2, 0.25) is 0 Å². The molecule has 1 aliphatic heterocycles. The van der Waals surface area contributed by atoms with Gasteiger partial charge in [-0.25, -0.2) is 8.42 Å². The fraction of sp³-hybridized carbons (Fsp3) is 0.421. The third kappa shape index (κ3) is 3.84. The van der Waals surface area contributed by atoms with E-state index in [0.29, 0.717) is 23.7 Å². The SMILES string of the molecule is CCC(CC)C(=O)Nc1ccc2c(c1)CN(S(=O)(=O)c1cccs1)CC2. The molecule has 7 heteroatoms. The smallest absolute Gasteiger partial charge is 0.252 e. The number of carbonyl (C=O) groups excluding carboxylic acids is 1. The molecule has 0 saturated heterocycles. The fourth-order valence-electron chi connectivity index (χ4n) is 3.26. The molecule has 5 nitrogen and oxygen atoms in total. The van der Waals surface area contributed by atoms with Gasteiger partial charge in [0.2, 0.25) is 5.91 Å². The van der Waals surface area contributed by atoms with Crippen LogP contribution in [0.1, 0.15) is 37.8 Å². The van der Waals surface area contributed by atoms with E-state index < -0.39 is 10.0 Å². The maximum Gasteiger partial charge on any atom is 0.252 e. The molecule has 3 rings (SSSR count). The summed E-state index contributed by atoms with van der Waals surface area (Å²) in [5, 5.41) is 4.74. The first-order chi connectivity index (χ1) is 12.5. The predicted molar refractivity (Wildman–Crippen MR) is 105 cm³/mol. The molecule has 0 saturated carbocycles. The van der Waals surface area contributed by atoms with Crippen molar-refractivity contribution in [3.63, 3.8) is 0 Å². The van der Waals surface area contributed by atoms with Crippen molar-refractivity contribution in [2.75, 3.05) is 11.9 Å². The first-order valence-corrected chi connectivity index (χ1v) is 11.2. The highest BCUT2D eigenvalue weighted by molar-refractivity contribution is 7.91. The van der Waals surface area contributed by atoms with Crippen LogP contribution in [0.3, 0.4) is 0 Å². The molecule has 0 atom stereocenters. The van der Waals surface area contributed by atoms with Crippen LogP contribution < -0.4 is 5.32 Å². The van der Waals surface area contributed by atoms with Crippen LogP contribution in [0.25, 0.3) is 0 Å². The number of hydrogen-bond donors (Lipinski definition) is 1. The lowest BCUT2D eigenvalue weighted by Gasteiger charge is -2.28. The second-order valence-corrected chi connectivity index (χ2v) is 9.62. The van der Waals surface area contributed by atoms with Crippen molar-refractivity contribution >= 4 is 33.0 Å². The molecular formula is C19H24N2O3S2. The second-order valence-electron chi connectivity index (χ2n) is 6.51. The number of carbonyl (C=O) groups is 1. The Labute approximate surface area is 159 Å². The monoisotopic (exact) mass is 392 g/mol. The first kappa shape index (κ1) is 19.1. The van der Waals surface area contributed by atoms with Crippen LogP contribution in [0.5, 0.6) is 0 Å². The van der Waals surface area contributed by atoms with Gasteiger partial charge in [-0.1, -0.05) is 26.0 Å². The standard InChI is InChI=1S/C19H24N2O3S2/c1-3-14(4-2)19(22)20-17-8-7-15-9-10-21(13-16(15)12-17)26(23,24)18-6-5-11-25-18/h5-8,11-12,14H,3-4,9-10,13H2,1-2H3,(H,20,22). The Morgan fingerprint density at radius 1 is 1.23 bits per heavy atom. The van der Waals surface area contributed by atoms with Crippen molar-refractivity contribution in [1.29, 1.82) is 0 Å². The molecule has 0 aliphatic carbocycles. The minimum Gasteiger partial charge on any atom is -0.326 e. The van der Waals surface area contributed by atoms with E-state index in [2.05, 4.69) is 5.32 Å². The van der Waals surface area contributed by atoms with Crippen molar-refractivity contribution in [3.05, 3.63) is 46.8 Å². The molecule has 26 heavy (non-hydrogen) atoms. The van der Waals surface area contributed by atoms with Crippen LogP contribution in [0.15, 0.2) is 39.9 Å². The van der Waals surface area contributed by atoms with Gasteiger partial charge in [0.1, 0.15) is 4.21 Å². The molecule has 0 bridgehead atoms. The number of nitrogens with one attached hydrogen (secondary N) is 1. The highest BCUT2D eigenvalue weighted by atomic mass is 32.2. The van der Waals surface area contributed by atoms with E-state index in [1.165, 1.54) is 15.6 Å². The Hall–Kier alpha value is -1.70. The van der Waals surface area contributed by atoms with Crippen LogP contribution in [-0.4, -0.2) is 25.2 Å². The summed E-state index contributed by atoms with van der Waals surface area (Å²) in [4.78, 5) is 12.3. The number of amides is 1. The predicted octanol–water partition coefficient (Wildman–Crippen LogP) is 3.87. The minimum atomic E-state index is -3.45. The Morgan fingerprint density at radius 2 is 2.00 bits per heavy atom. The number of fused-ring (bicyclic) bond motifs is 1. The largest absolute Gasteiger partial charge is 0.326 e. The van der Waals surface area contributed by atoms with E-state index >= 15 is 0 Å². The van der Waals surface area contributed by atoms with Gasteiger partial charge in [0, 0.05) is 24.7 Å². The molecule has 0 fully saturated rings. The summed E-state index contributed by atoms with van der Waals surface area (Å²) in [5.41, 5.74) is 2.83. The lowest BCUT2D eigenvalue weighted by atomic mass is 9.99. The molecule has 0 spiro atoms. The van der Waals surface area contributed by atoms with Gasteiger partial charge in [0.15, 0.2) is 0 Å². The first-order valence-electron chi connectivity index (χ1n) is 8.92. The maximum atomic E-state index is 12.8. The lowest BCUT2D eigenvalue weighted by molar-refractivity contribution is -0.120. The van der Waals surface area contributed by atoms with E-state index in [0.717, 1.165) is 29.7 Å². The summed E-state index contributed by atoms with van der Waals surface area (Å²) in [7, 11) is -3.45. The minimum absolute atomic E-state index is 0.00161. The molecule has 1 aliphatic rings. The molecule has 1 aromatic carbocycles. The topological polar surface area (TPSA) is 66.5 Å². The van der Waals surface area contributed by atoms with Gasteiger partial charge >= 0.3 is 0 Å². The summed E-state index contributed by atoms with van der Waals surface area (Å²) in [5.74, 6) is 0.0237. The van der Waals surface area contributed by atoms with Crippen LogP contribution in [0.4, 0.5) is 5.69 Å².